The van der Waals surface area contributed by atoms with E-state index in [-0.39, 0.29) is 5.69 Å². The van der Waals surface area contributed by atoms with Crippen molar-refractivity contribution in [1.82, 2.24) is 0 Å². The molecule has 0 aliphatic heterocycles. The molecule has 0 aromatic heterocycles. The Bertz CT molecular complexity index is 348. The molecule has 1 rings (SSSR count). The summed E-state index contributed by atoms with van der Waals surface area (Å²) in [6, 6.07) is 2.43. The third kappa shape index (κ3) is 1.81. The highest BCUT2D eigenvalue weighted by molar-refractivity contribution is 8.03. The molecule has 12 heavy (non-hydrogen) atoms. The molecule has 0 saturated carbocycles. The van der Waals surface area contributed by atoms with Crippen LogP contribution in [0.25, 0.3) is 0 Å². The van der Waals surface area contributed by atoms with Crippen LogP contribution < -0.4 is 5.73 Å². The van der Waals surface area contributed by atoms with Gasteiger partial charge in [0.05, 0.1) is 10.7 Å². The number of halogens is 2. The van der Waals surface area contributed by atoms with Gasteiger partial charge >= 0.3 is 0 Å². The van der Waals surface area contributed by atoms with Crippen LogP contribution in [-0.2, 0) is 0 Å². The second-order valence-electron chi connectivity index (χ2n) is 2.00. The molecule has 0 aliphatic carbocycles. The monoisotopic (exact) mass is 202 g/mol. The van der Waals surface area contributed by atoms with Crippen LogP contribution in [0.1, 0.15) is 0 Å². The van der Waals surface area contributed by atoms with Crippen LogP contribution in [0.3, 0.4) is 0 Å². The summed E-state index contributed by atoms with van der Waals surface area (Å²) >= 11 is 6.46. The minimum Gasteiger partial charge on any atom is -0.396 e. The van der Waals surface area contributed by atoms with E-state index >= 15 is 0 Å². The SMILES string of the molecule is N#CSc1cc(F)c(N)cc1Cl. The lowest BCUT2D eigenvalue weighted by Gasteiger charge is -2.00. The van der Waals surface area contributed by atoms with Gasteiger partial charge in [0.15, 0.2) is 0 Å². The average molecular weight is 203 g/mol. The normalized spacial score (nSPS) is 9.42. The lowest BCUT2D eigenvalue weighted by molar-refractivity contribution is 0.629. The van der Waals surface area contributed by atoms with Crippen LogP contribution in [0.5, 0.6) is 0 Å². The summed E-state index contributed by atoms with van der Waals surface area (Å²) in [4.78, 5) is 0.380. The van der Waals surface area contributed by atoms with E-state index in [1.54, 1.807) is 5.40 Å². The van der Waals surface area contributed by atoms with E-state index < -0.39 is 5.82 Å². The average Bonchev–Trinajstić information content (AvgIpc) is 2.01. The minimum absolute atomic E-state index is 0.0118. The van der Waals surface area contributed by atoms with Crippen molar-refractivity contribution < 1.29 is 4.39 Å². The molecule has 2 nitrogen and oxygen atoms in total. The fourth-order valence-electron chi connectivity index (χ4n) is 0.671. The summed E-state index contributed by atoms with van der Waals surface area (Å²) in [6.07, 6.45) is 0. The van der Waals surface area contributed by atoms with E-state index in [1.165, 1.54) is 6.07 Å². The Morgan fingerprint density at radius 3 is 2.83 bits per heavy atom. The van der Waals surface area contributed by atoms with Crippen LogP contribution >= 0.6 is 23.4 Å². The molecule has 0 saturated heterocycles. The largest absolute Gasteiger partial charge is 0.396 e. The third-order valence-corrected chi connectivity index (χ3v) is 2.28. The van der Waals surface area contributed by atoms with Gasteiger partial charge in [0.2, 0.25) is 0 Å². The zero-order valence-corrected chi connectivity index (χ0v) is 7.42. The molecule has 0 atom stereocenters. The fourth-order valence-corrected chi connectivity index (χ4v) is 1.38. The van der Waals surface area contributed by atoms with Crippen molar-refractivity contribution in [3.05, 3.63) is 23.0 Å². The van der Waals surface area contributed by atoms with E-state index in [4.69, 9.17) is 22.6 Å². The number of nitrogens with two attached hydrogens (primary N) is 1. The first-order valence-electron chi connectivity index (χ1n) is 2.95. The summed E-state index contributed by atoms with van der Waals surface area (Å²) < 4.78 is 12.8. The maximum atomic E-state index is 12.8. The molecule has 0 heterocycles. The molecule has 5 heteroatoms. The van der Waals surface area contributed by atoms with Crippen molar-refractivity contribution in [2.24, 2.45) is 0 Å². The Morgan fingerprint density at radius 2 is 2.25 bits per heavy atom. The van der Waals surface area contributed by atoms with E-state index in [1.807, 2.05) is 0 Å². The summed E-state index contributed by atoms with van der Waals surface area (Å²) in [6.45, 7) is 0. The highest BCUT2D eigenvalue weighted by Crippen LogP contribution is 2.29. The fraction of sp³-hybridized carbons (Fsp3) is 0. The van der Waals surface area contributed by atoms with Crippen molar-refractivity contribution in [2.45, 2.75) is 4.90 Å². The van der Waals surface area contributed by atoms with Crippen molar-refractivity contribution >= 4 is 29.1 Å². The molecule has 0 bridgehead atoms. The van der Waals surface area contributed by atoms with Crippen LogP contribution in [0.4, 0.5) is 10.1 Å². The van der Waals surface area contributed by atoms with Crippen LogP contribution in [-0.4, -0.2) is 0 Å². The lowest BCUT2D eigenvalue weighted by atomic mass is 10.3. The second-order valence-corrected chi connectivity index (χ2v) is 3.23. The molecular weight excluding hydrogens is 199 g/mol. The van der Waals surface area contributed by atoms with Crippen LogP contribution in [0, 0.1) is 16.5 Å². The Kier molecular flexibility index (Phi) is 2.79. The zero-order valence-electron chi connectivity index (χ0n) is 5.84. The van der Waals surface area contributed by atoms with E-state index in [9.17, 15) is 4.39 Å². The third-order valence-electron chi connectivity index (χ3n) is 1.21. The van der Waals surface area contributed by atoms with Gasteiger partial charge in [0, 0.05) is 4.90 Å². The van der Waals surface area contributed by atoms with Gasteiger partial charge in [-0.05, 0) is 23.9 Å². The molecule has 1 aromatic rings. The molecule has 0 radical (unpaired) electrons. The highest BCUT2D eigenvalue weighted by Gasteiger charge is 2.06. The molecule has 2 N–H and O–H groups in total. The van der Waals surface area contributed by atoms with Gasteiger partial charge < -0.3 is 5.73 Å². The Morgan fingerprint density at radius 1 is 1.58 bits per heavy atom. The highest BCUT2D eigenvalue weighted by atomic mass is 35.5. The standard InChI is InChI=1S/C7H4ClFN2S/c8-4-1-6(11)5(9)2-7(4)12-3-10/h1-2H,11H2. The van der Waals surface area contributed by atoms with Gasteiger partial charge in [-0.15, -0.1) is 0 Å². The number of thiocyanates is 1. The first-order valence-corrected chi connectivity index (χ1v) is 4.15. The van der Waals surface area contributed by atoms with Gasteiger partial charge in [-0.25, -0.2) is 4.39 Å². The predicted molar refractivity (Wildman–Crippen MR) is 47.3 cm³/mol. The zero-order chi connectivity index (χ0) is 9.14. The Hall–Kier alpha value is -0.920. The van der Waals surface area contributed by atoms with Gasteiger partial charge in [-0.1, -0.05) is 11.6 Å². The van der Waals surface area contributed by atoms with E-state index in [0.29, 0.717) is 9.92 Å². The first-order chi connectivity index (χ1) is 5.65. The molecule has 0 spiro atoms. The number of nitriles is 1. The predicted octanol–water partition coefficient (Wildman–Crippen LogP) is 2.63. The summed E-state index contributed by atoms with van der Waals surface area (Å²) in [5.41, 5.74) is 5.22. The number of hydrogen-bond acceptors (Lipinski definition) is 3. The number of anilines is 1. The molecule has 62 valence electrons. The number of benzene rings is 1. The minimum atomic E-state index is -0.558. The molecule has 0 fully saturated rings. The number of nitrogen functional groups attached to an aromatic ring is 1. The molecule has 1 aromatic carbocycles. The lowest BCUT2D eigenvalue weighted by Crippen LogP contribution is -1.90. The van der Waals surface area contributed by atoms with Gasteiger partial charge in [-0.2, -0.15) is 5.26 Å². The van der Waals surface area contributed by atoms with Crippen molar-refractivity contribution in [2.75, 3.05) is 5.73 Å². The topological polar surface area (TPSA) is 49.8 Å². The van der Waals surface area contributed by atoms with E-state index in [0.717, 1.165) is 17.8 Å². The number of hydrogen-bond donors (Lipinski definition) is 1. The first kappa shape index (κ1) is 9.17. The molecule has 0 aliphatic rings. The maximum Gasteiger partial charge on any atom is 0.147 e. The second kappa shape index (κ2) is 3.65. The summed E-state index contributed by atoms with van der Waals surface area (Å²) in [5.74, 6) is -0.558. The maximum absolute atomic E-state index is 12.8. The van der Waals surface area contributed by atoms with Crippen LogP contribution in [0.15, 0.2) is 17.0 Å². The number of thioether (sulfide) groups is 1. The van der Waals surface area contributed by atoms with Gasteiger partial charge in [-0.3, -0.25) is 0 Å². The van der Waals surface area contributed by atoms with Crippen molar-refractivity contribution in [3.8, 4) is 5.40 Å². The Labute approximate surface area is 78.1 Å². The molecule has 0 amide bonds. The van der Waals surface area contributed by atoms with E-state index in [2.05, 4.69) is 0 Å². The smallest absolute Gasteiger partial charge is 0.147 e. The van der Waals surface area contributed by atoms with Gasteiger partial charge in [0.1, 0.15) is 11.2 Å². The van der Waals surface area contributed by atoms with Crippen LogP contribution in [0.2, 0.25) is 5.02 Å². The van der Waals surface area contributed by atoms with Crippen molar-refractivity contribution in [1.29, 1.82) is 5.26 Å². The quantitative estimate of drug-likeness (QED) is 0.433. The Balaban J connectivity index is 3.16. The summed E-state index contributed by atoms with van der Waals surface area (Å²) in [5, 5.41) is 10.4. The van der Waals surface area contributed by atoms with Crippen molar-refractivity contribution in [3.63, 3.8) is 0 Å². The molecule has 0 unspecified atom stereocenters. The molecular formula is C7H4ClFN2S. The number of nitrogens with zero attached hydrogens (tertiary/aromatic N) is 1. The van der Waals surface area contributed by atoms with Gasteiger partial charge in [0.25, 0.3) is 0 Å². The number of rotatable bonds is 1. The summed E-state index contributed by atoms with van der Waals surface area (Å²) in [7, 11) is 0.